The van der Waals surface area contributed by atoms with E-state index < -0.39 is 0 Å². The Hall–Kier alpha value is -7.96. The molecule has 2 aromatic heterocycles. The molecule has 9 aromatic carbocycles. The van der Waals surface area contributed by atoms with E-state index in [1.54, 1.807) is 0 Å². The van der Waals surface area contributed by atoms with Crippen molar-refractivity contribution >= 4 is 112 Å². The summed E-state index contributed by atoms with van der Waals surface area (Å²) in [5.74, 6) is 0. The molecule has 2 unspecified atom stereocenters. The molecular weight excluding hydrogens is 926 g/mol. The second kappa shape index (κ2) is 15.8. The molecule has 5 nitrogen and oxygen atoms in total. The lowest BCUT2D eigenvalue weighted by Crippen LogP contribution is -2.61. The molecule has 0 bridgehead atoms. The number of rotatable bonds is 4. The van der Waals surface area contributed by atoms with E-state index in [1.807, 2.05) is 0 Å². The number of anilines is 8. The minimum atomic E-state index is -0.210. The van der Waals surface area contributed by atoms with Crippen LogP contribution in [0.2, 0.25) is 0 Å². The van der Waals surface area contributed by atoms with Gasteiger partial charge in [-0.3, -0.25) is 0 Å². The van der Waals surface area contributed by atoms with Crippen molar-refractivity contribution < 1.29 is 8.83 Å². The molecule has 0 saturated heterocycles. The van der Waals surface area contributed by atoms with E-state index >= 15 is 0 Å². The van der Waals surface area contributed by atoms with E-state index in [0.717, 1.165) is 68.1 Å². The molecule has 5 heterocycles. The van der Waals surface area contributed by atoms with Crippen LogP contribution in [0.3, 0.4) is 0 Å². The van der Waals surface area contributed by atoms with Crippen LogP contribution < -0.4 is 31.1 Å². The number of para-hydroxylation sites is 2. The third-order valence-corrected chi connectivity index (χ3v) is 18.5. The number of benzene rings is 9. The first-order chi connectivity index (χ1) is 36.7. The van der Waals surface area contributed by atoms with Crippen LogP contribution in [0.15, 0.2) is 191 Å². The predicted octanol–water partition coefficient (Wildman–Crippen LogP) is 17.6. The summed E-state index contributed by atoms with van der Waals surface area (Å²) in [6, 6.07) is 68.8. The van der Waals surface area contributed by atoms with E-state index in [4.69, 9.17) is 8.83 Å². The maximum atomic E-state index is 6.75. The fraction of sp³-hybridized carbons (Fsp3) is 0.229. The summed E-state index contributed by atoms with van der Waals surface area (Å²) in [6.07, 6.45) is 4.61. The molecule has 11 aromatic rings. The zero-order chi connectivity index (χ0) is 51.6. The largest absolute Gasteiger partial charge is 0.456 e. The van der Waals surface area contributed by atoms with Crippen molar-refractivity contribution in [2.75, 3.05) is 14.7 Å². The molecular formula is C70H62BN3O2. The molecule has 1 saturated carbocycles. The highest BCUT2D eigenvalue weighted by molar-refractivity contribution is 7.00. The number of fused-ring (bicyclic) bond motifs is 13. The first-order valence-corrected chi connectivity index (χ1v) is 27.6. The van der Waals surface area contributed by atoms with Gasteiger partial charge in [-0.15, -0.1) is 0 Å². The first-order valence-electron chi connectivity index (χ1n) is 27.6. The van der Waals surface area contributed by atoms with E-state index in [-0.39, 0.29) is 28.5 Å². The Balaban J connectivity index is 1.07. The van der Waals surface area contributed by atoms with Gasteiger partial charge in [0.2, 0.25) is 0 Å². The van der Waals surface area contributed by atoms with Gasteiger partial charge in [-0.05, 0) is 154 Å². The fourth-order valence-corrected chi connectivity index (χ4v) is 14.2. The summed E-state index contributed by atoms with van der Waals surface area (Å²) in [4.78, 5) is 7.99. The SMILES string of the molecule is CC(C)(C)c1ccc2c(c1)N(c1ccc3c(c1)oc1ccccc13)c1cc(N3c4ccc(-c5ccccc5)cc4C4(C)CCCCC34C)cc3c1B2c1ccc(C(C)(C)C)cc1N3c1ccc2oc3ccccc3c2c1. The third kappa shape index (κ3) is 6.39. The van der Waals surface area contributed by atoms with Crippen molar-refractivity contribution in [2.24, 2.45) is 0 Å². The molecule has 4 aliphatic rings. The van der Waals surface area contributed by atoms with Gasteiger partial charge in [-0.2, -0.15) is 0 Å². The topological polar surface area (TPSA) is 36.0 Å². The molecule has 1 fully saturated rings. The van der Waals surface area contributed by atoms with Gasteiger partial charge in [0.1, 0.15) is 22.3 Å². The molecule has 1 aliphatic carbocycles. The highest BCUT2D eigenvalue weighted by atomic mass is 16.3. The van der Waals surface area contributed by atoms with E-state index in [0.29, 0.717) is 0 Å². The summed E-state index contributed by atoms with van der Waals surface area (Å²) >= 11 is 0. The fourth-order valence-electron chi connectivity index (χ4n) is 14.2. The van der Waals surface area contributed by atoms with Crippen LogP contribution in [0.1, 0.15) is 97.8 Å². The standard InChI is InChI=1S/C70H62BN3O2/c1-67(2,3)45-25-30-55-58(37-45)72(47-28-33-64-53(39-47)51-21-13-15-23-63(51)75-64)60-40-49(74-57-32-24-44(43-18-10-9-11-19-43)36-54(57)69(7)34-16-17-35-70(69,74)8)41-61-66(60)71(55)56-31-26-46(68(4,5)6)38-59(56)73(61)48-27-29-52-50-20-12-14-22-62(50)76-65(52)42-48/h9-15,18-33,36-42H,16-17,34-35H2,1-8H3. The molecule has 6 heteroatoms. The maximum absolute atomic E-state index is 6.75. The van der Waals surface area contributed by atoms with Crippen LogP contribution in [0.4, 0.5) is 45.5 Å². The van der Waals surface area contributed by atoms with Crippen molar-refractivity contribution in [3.63, 3.8) is 0 Å². The van der Waals surface area contributed by atoms with Crippen LogP contribution in [0.25, 0.3) is 55.0 Å². The molecule has 0 spiro atoms. The lowest BCUT2D eigenvalue weighted by atomic mass is 9.33. The van der Waals surface area contributed by atoms with Crippen LogP contribution >= 0.6 is 0 Å². The monoisotopic (exact) mass is 987 g/mol. The van der Waals surface area contributed by atoms with E-state index in [1.165, 1.54) is 91.2 Å². The van der Waals surface area contributed by atoms with Gasteiger partial charge in [0.25, 0.3) is 6.71 Å². The van der Waals surface area contributed by atoms with Crippen molar-refractivity contribution in [3.8, 4) is 11.1 Å². The third-order valence-electron chi connectivity index (χ3n) is 18.5. The predicted molar refractivity (Wildman–Crippen MR) is 321 cm³/mol. The average Bonchev–Trinajstić information content (AvgIpc) is 4.14. The second-order valence-electron chi connectivity index (χ2n) is 24.9. The Morgan fingerprint density at radius 3 is 1.63 bits per heavy atom. The number of nitrogens with zero attached hydrogens (tertiary/aromatic N) is 3. The van der Waals surface area contributed by atoms with Crippen LogP contribution in [-0.4, -0.2) is 12.3 Å². The zero-order valence-electron chi connectivity index (χ0n) is 44.9. The Morgan fingerprint density at radius 1 is 0.421 bits per heavy atom. The Labute approximate surface area is 446 Å². The van der Waals surface area contributed by atoms with E-state index in [2.05, 4.69) is 252 Å². The quantitative estimate of drug-likeness (QED) is 0.164. The first kappa shape index (κ1) is 45.4. The van der Waals surface area contributed by atoms with Crippen LogP contribution in [-0.2, 0) is 16.2 Å². The van der Waals surface area contributed by atoms with Gasteiger partial charge in [0.05, 0.1) is 5.54 Å². The summed E-state index contributed by atoms with van der Waals surface area (Å²) in [7, 11) is 0. The van der Waals surface area contributed by atoms with Gasteiger partial charge in [-0.25, -0.2) is 0 Å². The van der Waals surface area contributed by atoms with Crippen molar-refractivity contribution in [1.29, 1.82) is 0 Å². The summed E-state index contributed by atoms with van der Waals surface area (Å²) in [5, 5.41) is 4.49. The highest BCUT2D eigenvalue weighted by Crippen LogP contribution is 2.62. The normalized spacial score (nSPS) is 18.8. The van der Waals surface area contributed by atoms with Crippen molar-refractivity contribution in [2.45, 2.75) is 103 Å². The van der Waals surface area contributed by atoms with Crippen LogP contribution in [0, 0.1) is 0 Å². The number of hydrogen-bond acceptors (Lipinski definition) is 5. The van der Waals surface area contributed by atoms with Gasteiger partial charge < -0.3 is 23.5 Å². The Morgan fingerprint density at radius 2 is 0.974 bits per heavy atom. The molecule has 0 amide bonds. The summed E-state index contributed by atoms with van der Waals surface area (Å²) in [6.45, 7) is 19.1. The molecule has 15 rings (SSSR count). The smallest absolute Gasteiger partial charge is 0.252 e. The molecule has 76 heavy (non-hydrogen) atoms. The lowest BCUT2D eigenvalue weighted by molar-refractivity contribution is 0.195. The van der Waals surface area contributed by atoms with Crippen molar-refractivity contribution in [1.82, 2.24) is 0 Å². The zero-order valence-corrected chi connectivity index (χ0v) is 44.9. The van der Waals surface area contributed by atoms with Gasteiger partial charge in [0, 0.05) is 78.5 Å². The average molecular weight is 988 g/mol. The summed E-state index contributed by atoms with van der Waals surface area (Å²) in [5.41, 5.74) is 23.1. The lowest BCUT2D eigenvalue weighted by Gasteiger charge is -2.51. The Kier molecular flexibility index (Phi) is 9.45. The molecule has 3 aliphatic heterocycles. The van der Waals surface area contributed by atoms with Crippen molar-refractivity contribution in [3.05, 3.63) is 199 Å². The molecule has 372 valence electrons. The Bertz CT molecular complexity index is 4230. The van der Waals surface area contributed by atoms with Gasteiger partial charge in [-0.1, -0.05) is 158 Å². The van der Waals surface area contributed by atoms with Gasteiger partial charge in [0.15, 0.2) is 0 Å². The van der Waals surface area contributed by atoms with E-state index in [9.17, 15) is 0 Å². The van der Waals surface area contributed by atoms with Gasteiger partial charge >= 0.3 is 0 Å². The van der Waals surface area contributed by atoms with Crippen LogP contribution in [0.5, 0.6) is 0 Å². The number of hydrogen-bond donors (Lipinski definition) is 0. The summed E-state index contributed by atoms with van der Waals surface area (Å²) < 4.78 is 13.3. The minimum absolute atomic E-state index is 0.0529. The molecule has 0 radical (unpaired) electrons. The number of furan rings is 2. The highest BCUT2D eigenvalue weighted by Gasteiger charge is 2.58. The molecule has 0 N–H and O–H groups in total. The maximum Gasteiger partial charge on any atom is 0.252 e. The minimum Gasteiger partial charge on any atom is -0.456 e. The molecule has 2 atom stereocenters. The second-order valence-corrected chi connectivity index (χ2v) is 24.9.